The van der Waals surface area contributed by atoms with Gasteiger partial charge in [0.1, 0.15) is 0 Å². The number of nitrogens with zero attached hydrogens (tertiary/aromatic N) is 2. The molecule has 1 N–H and O–H groups in total. The molecule has 2 heterocycles. The summed E-state index contributed by atoms with van der Waals surface area (Å²) in [6.45, 7) is 4.45. The lowest BCUT2D eigenvalue weighted by Gasteiger charge is -2.36. The van der Waals surface area contributed by atoms with E-state index in [9.17, 15) is 4.79 Å². The molecule has 3 rings (SSSR count). The number of nitrogens with one attached hydrogen (secondary N) is 1. The van der Waals surface area contributed by atoms with E-state index in [2.05, 4.69) is 22.2 Å². The van der Waals surface area contributed by atoms with Crippen molar-refractivity contribution >= 4 is 18.3 Å². The Labute approximate surface area is 128 Å². The molecule has 1 spiro atoms. The van der Waals surface area contributed by atoms with Gasteiger partial charge in [0.15, 0.2) is 0 Å². The van der Waals surface area contributed by atoms with E-state index in [1.807, 2.05) is 7.05 Å². The monoisotopic (exact) mass is 301 g/mol. The van der Waals surface area contributed by atoms with Crippen LogP contribution in [0.2, 0.25) is 0 Å². The Morgan fingerprint density at radius 3 is 2.45 bits per heavy atom. The SMILES string of the molecule is CN1CCC(N(C)C(=O)C2CC23CCNCC3)CC1.Cl. The molecule has 0 aromatic heterocycles. The van der Waals surface area contributed by atoms with Crippen molar-refractivity contribution in [1.82, 2.24) is 15.1 Å². The highest BCUT2D eigenvalue weighted by Gasteiger charge is 2.58. The molecule has 0 aromatic rings. The van der Waals surface area contributed by atoms with Crippen molar-refractivity contribution < 1.29 is 4.79 Å². The average Bonchev–Trinajstić information content (AvgIpc) is 3.12. The number of amides is 1. The van der Waals surface area contributed by atoms with Crippen LogP contribution < -0.4 is 5.32 Å². The minimum atomic E-state index is 0. The first-order valence-corrected chi connectivity index (χ1v) is 7.78. The fourth-order valence-corrected chi connectivity index (χ4v) is 3.98. The van der Waals surface area contributed by atoms with Crippen LogP contribution in [0.25, 0.3) is 0 Å². The Balaban J connectivity index is 0.00000147. The summed E-state index contributed by atoms with van der Waals surface area (Å²) in [4.78, 5) is 17.1. The molecule has 20 heavy (non-hydrogen) atoms. The van der Waals surface area contributed by atoms with Crippen LogP contribution in [0.1, 0.15) is 32.1 Å². The van der Waals surface area contributed by atoms with Crippen molar-refractivity contribution in [3.63, 3.8) is 0 Å². The lowest BCUT2D eigenvalue weighted by molar-refractivity contribution is -0.135. The predicted octanol–water partition coefficient (Wildman–Crippen LogP) is 1.35. The molecule has 2 saturated heterocycles. The fraction of sp³-hybridized carbons (Fsp3) is 0.933. The standard InChI is InChI=1S/C15H27N3O.ClH/c1-17-9-3-12(4-10-17)18(2)14(19)13-11-15(13)5-7-16-8-6-15;/h12-13,16H,3-11H2,1-2H3;1H. The van der Waals surface area contributed by atoms with Crippen LogP contribution in [0.15, 0.2) is 0 Å². The quantitative estimate of drug-likeness (QED) is 0.836. The third-order valence-electron chi connectivity index (χ3n) is 5.67. The van der Waals surface area contributed by atoms with E-state index in [1.165, 1.54) is 12.8 Å². The molecule has 5 heteroatoms. The summed E-state index contributed by atoms with van der Waals surface area (Å²) in [5, 5.41) is 3.41. The van der Waals surface area contributed by atoms with Gasteiger partial charge in [0.05, 0.1) is 0 Å². The van der Waals surface area contributed by atoms with Gasteiger partial charge < -0.3 is 15.1 Å². The number of carbonyl (C=O) groups is 1. The number of hydrogen-bond acceptors (Lipinski definition) is 3. The molecule has 2 aliphatic heterocycles. The molecule has 3 aliphatic rings. The summed E-state index contributed by atoms with van der Waals surface area (Å²) in [5.41, 5.74) is 0.377. The van der Waals surface area contributed by atoms with Crippen LogP contribution in [0.3, 0.4) is 0 Å². The normalized spacial score (nSPS) is 29.8. The lowest BCUT2D eigenvalue weighted by Crippen LogP contribution is -2.45. The zero-order valence-electron chi connectivity index (χ0n) is 12.7. The minimum absolute atomic E-state index is 0. The second-order valence-corrected chi connectivity index (χ2v) is 6.85. The van der Waals surface area contributed by atoms with Crippen molar-refractivity contribution in [1.29, 1.82) is 0 Å². The third kappa shape index (κ3) is 2.97. The first-order chi connectivity index (χ1) is 9.12. The van der Waals surface area contributed by atoms with Crippen LogP contribution >= 0.6 is 12.4 Å². The van der Waals surface area contributed by atoms with E-state index in [0.29, 0.717) is 23.3 Å². The summed E-state index contributed by atoms with van der Waals surface area (Å²) >= 11 is 0. The van der Waals surface area contributed by atoms with E-state index in [1.54, 1.807) is 0 Å². The Morgan fingerprint density at radius 2 is 1.85 bits per heavy atom. The van der Waals surface area contributed by atoms with E-state index >= 15 is 0 Å². The van der Waals surface area contributed by atoms with Crippen LogP contribution in [-0.4, -0.2) is 62.0 Å². The number of hydrogen-bond donors (Lipinski definition) is 1. The molecule has 116 valence electrons. The Morgan fingerprint density at radius 1 is 1.25 bits per heavy atom. The van der Waals surface area contributed by atoms with Gasteiger partial charge in [-0.15, -0.1) is 12.4 Å². The summed E-state index contributed by atoms with van der Waals surface area (Å²) in [5.74, 6) is 0.760. The van der Waals surface area contributed by atoms with Gasteiger partial charge in [0.25, 0.3) is 0 Å². The second-order valence-electron chi connectivity index (χ2n) is 6.85. The number of carbonyl (C=O) groups excluding carboxylic acids is 1. The molecule has 1 unspecified atom stereocenters. The summed E-state index contributed by atoms with van der Waals surface area (Å²) < 4.78 is 0. The summed E-state index contributed by atoms with van der Waals surface area (Å²) in [6, 6.07) is 0.475. The molecule has 1 aliphatic carbocycles. The van der Waals surface area contributed by atoms with Crippen LogP contribution in [0.4, 0.5) is 0 Å². The van der Waals surface area contributed by atoms with Crippen molar-refractivity contribution in [3.8, 4) is 0 Å². The smallest absolute Gasteiger partial charge is 0.226 e. The highest BCUT2D eigenvalue weighted by molar-refractivity contribution is 5.85. The van der Waals surface area contributed by atoms with E-state index < -0.39 is 0 Å². The van der Waals surface area contributed by atoms with Gasteiger partial charge in [-0.25, -0.2) is 0 Å². The molecular formula is C15H28ClN3O. The molecule has 1 atom stereocenters. The number of halogens is 1. The highest BCUT2D eigenvalue weighted by atomic mass is 35.5. The zero-order chi connectivity index (χ0) is 13.5. The third-order valence-corrected chi connectivity index (χ3v) is 5.67. The first-order valence-electron chi connectivity index (χ1n) is 7.78. The number of likely N-dealkylation sites (tertiary alicyclic amines) is 1. The van der Waals surface area contributed by atoms with Crippen LogP contribution in [0, 0.1) is 11.3 Å². The van der Waals surface area contributed by atoms with Gasteiger partial charge >= 0.3 is 0 Å². The van der Waals surface area contributed by atoms with E-state index in [4.69, 9.17) is 0 Å². The fourth-order valence-electron chi connectivity index (χ4n) is 3.98. The molecular weight excluding hydrogens is 274 g/mol. The second kappa shape index (κ2) is 6.20. The van der Waals surface area contributed by atoms with Crippen molar-refractivity contribution in [2.45, 2.75) is 38.1 Å². The molecule has 1 amide bonds. The Kier molecular flexibility index (Phi) is 4.98. The largest absolute Gasteiger partial charge is 0.342 e. The van der Waals surface area contributed by atoms with Crippen molar-refractivity contribution in [3.05, 3.63) is 0 Å². The summed E-state index contributed by atoms with van der Waals surface area (Å²) in [7, 11) is 4.20. The topological polar surface area (TPSA) is 35.6 Å². The predicted molar refractivity (Wildman–Crippen MR) is 83.2 cm³/mol. The van der Waals surface area contributed by atoms with E-state index in [0.717, 1.165) is 45.4 Å². The number of piperidine rings is 2. The maximum atomic E-state index is 12.7. The molecule has 0 bridgehead atoms. The maximum Gasteiger partial charge on any atom is 0.226 e. The molecule has 0 aromatic carbocycles. The van der Waals surface area contributed by atoms with Crippen LogP contribution in [0.5, 0.6) is 0 Å². The zero-order valence-corrected chi connectivity index (χ0v) is 13.5. The molecule has 0 radical (unpaired) electrons. The van der Waals surface area contributed by atoms with E-state index in [-0.39, 0.29) is 12.4 Å². The first kappa shape index (κ1) is 16.1. The van der Waals surface area contributed by atoms with Crippen LogP contribution in [-0.2, 0) is 4.79 Å². The van der Waals surface area contributed by atoms with Gasteiger partial charge in [0.2, 0.25) is 5.91 Å². The van der Waals surface area contributed by atoms with Gasteiger partial charge in [-0.3, -0.25) is 4.79 Å². The maximum absolute atomic E-state index is 12.7. The lowest BCUT2D eigenvalue weighted by atomic mass is 9.91. The highest BCUT2D eigenvalue weighted by Crippen LogP contribution is 2.59. The van der Waals surface area contributed by atoms with Gasteiger partial charge in [0, 0.05) is 19.0 Å². The Bertz CT molecular complexity index is 349. The summed E-state index contributed by atoms with van der Waals surface area (Å²) in [6.07, 6.45) is 5.82. The van der Waals surface area contributed by atoms with Crippen molar-refractivity contribution in [2.75, 3.05) is 40.3 Å². The van der Waals surface area contributed by atoms with Gasteiger partial charge in [-0.1, -0.05) is 0 Å². The number of rotatable bonds is 2. The van der Waals surface area contributed by atoms with Gasteiger partial charge in [-0.05, 0) is 70.7 Å². The van der Waals surface area contributed by atoms with Crippen molar-refractivity contribution in [2.24, 2.45) is 11.3 Å². The molecule has 3 fully saturated rings. The van der Waals surface area contributed by atoms with Gasteiger partial charge in [-0.2, -0.15) is 0 Å². The molecule has 4 nitrogen and oxygen atoms in total. The average molecular weight is 302 g/mol. The minimum Gasteiger partial charge on any atom is -0.342 e. The Hall–Kier alpha value is -0.320. The molecule has 1 saturated carbocycles.